The summed E-state index contributed by atoms with van der Waals surface area (Å²) in [5.74, 6) is 0.204. The minimum atomic E-state index is -3.61. The van der Waals surface area contributed by atoms with E-state index in [4.69, 9.17) is 30.5 Å². The highest BCUT2D eigenvalue weighted by Crippen LogP contribution is 2.40. The number of methoxy groups -OCH3 is 2. The number of amides is 1. The number of carbonyl (C=O) groups is 2. The second kappa shape index (κ2) is 14.5. The molecule has 1 fully saturated rings. The third-order valence-corrected chi connectivity index (χ3v) is 11.5. The third-order valence-electron chi connectivity index (χ3n) is 7.30. The Hall–Kier alpha value is -4.19. The Balaban J connectivity index is 1.30. The summed E-state index contributed by atoms with van der Waals surface area (Å²) in [5.41, 5.74) is 2.59. The van der Waals surface area contributed by atoms with Gasteiger partial charge >= 0.3 is 0 Å². The Morgan fingerprint density at radius 2 is 1.35 bits per heavy atom. The van der Waals surface area contributed by atoms with E-state index < -0.39 is 20.6 Å². The molecule has 0 N–H and O–H groups in total. The van der Waals surface area contributed by atoms with Crippen LogP contribution in [-0.4, -0.2) is 57.6 Å². The zero-order valence-corrected chi connectivity index (χ0v) is 27.8. The first-order valence-electron chi connectivity index (χ1n) is 14.3. The fourth-order valence-corrected chi connectivity index (χ4v) is 8.41. The molecule has 0 bridgehead atoms. The van der Waals surface area contributed by atoms with Crippen molar-refractivity contribution in [2.24, 2.45) is 0 Å². The van der Waals surface area contributed by atoms with E-state index in [1.54, 1.807) is 56.7 Å². The second-order valence-electron chi connectivity index (χ2n) is 10.6. The van der Waals surface area contributed by atoms with Crippen LogP contribution in [0.15, 0.2) is 89.8 Å². The zero-order valence-electron chi connectivity index (χ0n) is 25.4. The molecule has 240 valence electrons. The minimum absolute atomic E-state index is 0.0448. The maximum absolute atomic E-state index is 13.4. The van der Waals surface area contributed by atoms with E-state index in [0.717, 1.165) is 27.5 Å². The molecule has 1 aliphatic heterocycles. The SMILES string of the molecule is COc1ccc(COc2ccc(C(=O)C(=O)N3CC(SS(=O)(=O)c4ccc(C)cc4)C3)c(Cl)c2OCc2ccc(OC)cc2)cc1. The van der Waals surface area contributed by atoms with Crippen LogP contribution in [0.1, 0.15) is 27.0 Å². The highest BCUT2D eigenvalue weighted by molar-refractivity contribution is 8.72. The van der Waals surface area contributed by atoms with Crippen molar-refractivity contribution in [3.8, 4) is 23.0 Å². The van der Waals surface area contributed by atoms with Gasteiger partial charge in [0.25, 0.3) is 11.7 Å². The van der Waals surface area contributed by atoms with Crippen LogP contribution >= 0.6 is 22.4 Å². The Morgan fingerprint density at radius 1 is 0.804 bits per heavy atom. The van der Waals surface area contributed by atoms with Gasteiger partial charge in [-0.1, -0.05) is 53.6 Å². The van der Waals surface area contributed by atoms with Crippen molar-refractivity contribution in [1.82, 2.24) is 4.90 Å². The smallest absolute Gasteiger partial charge is 0.295 e. The second-order valence-corrected chi connectivity index (χ2v) is 15.1. The average molecular weight is 682 g/mol. The number of ether oxygens (including phenoxy) is 4. The summed E-state index contributed by atoms with van der Waals surface area (Å²) in [5, 5.41) is -0.428. The molecule has 0 spiro atoms. The molecule has 12 heteroatoms. The highest BCUT2D eigenvalue weighted by Gasteiger charge is 2.38. The zero-order chi connectivity index (χ0) is 32.8. The molecule has 4 aromatic rings. The van der Waals surface area contributed by atoms with Crippen molar-refractivity contribution in [3.63, 3.8) is 0 Å². The number of Topliss-reactive ketones (excluding diaryl/α,β-unsaturated/α-hetero) is 1. The van der Waals surface area contributed by atoms with Gasteiger partial charge in [0.15, 0.2) is 11.5 Å². The van der Waals surface area contributed by atoms with Crippen LogP contribution in [0, 0.1) is 6.92 Å². The van der Waals surface area contributed by atoms with Crippen molar-refractivity contribution in [3.05, 3.63) is 112 Å². The van der Waals surface area contributed by atoms with Gasteiger partial charge in [-0.2, -0.15) is 0 Å². The number of hydrogen-bond acceptors (Lipinski definition) is 9. The van der Waals surface area contributed by atoms with Gasteiger partial charge in [-0.3, -0.25) is 9.59 Å². The van der Waals surface area contributed by atoms with Crippen LogP contribution in [-0.2, 0) is 26.9 Å². The molecule has 0 aliphatic carbocycles. The molecular weight excluding hydrogens is 650 g/mol. The maximum atomic E-state index is 13.4. The van der Waals surface area contributed by atoms with Crippen LogP contribution in [0.4, 0.5) is 0 Å². The first-order chi connectivity index (χ1) is 22.1. The van der Waals surface area contributed by atoms with Gasteiger partial charge in [0.2, 0.25) is 8.87 Å². The summed E-state index contributed by atoms with van der Waals surface area (Å²) in [4.78, 5) is 28.0. The van der Waals surface area contributed by atoms with Gasteiger partial charge in [0.1, 0.15) is 24.7 Å². The van der Waals surface area contributed by atoms with E-state index in [2.05, 4.69) is 0 Å². The predicted molar refractivity (Wildman–Crippen MR) is 177 cm³/mol. The van der Waals surface area contributed by atoms with Gasteiger partial charge < -0.3 is 23.8 Å². The van der Waals surface area contributed by atoms with Crippen LogP contribution in [0.5, 0.6) is 23.0 Å². The quantitative estimate of drug-likeness (QED) is 0.0908. The van der Waals surface area contributed by atoms with Gasteiger partial charge in [-0.05, 0) is 77.4 Å². The first-order valence-corrected chi connectivity index (χ1v) is 17.5. The summed E-state index contributed by atoms with van der Waals surface area (Å²) in [7, 11) is 0.341. The lowest BCUT2D eigenvalue weighted by Crippen LogP contribution is -2.54. The van der Waals surface area contributed by atoms with Gasteiger partial charge in [0.05, 0.1) is 35.0 Å². The fourth-order valence-electron chi connectivity index (χ4n) is 4.59. The van der Waals surface area contributed by atoms with Gasteiger partial charge in [-0.15, -0.1) is 0 Å². The first kappa shape index (κ1) is 33.2. The number of rotatable bonds is 13. The number of nitrogens with zero attached hydrogens (tertiary/aromatic N) is 1. The number of benzene rings is 4. The van der Waals surface area contributed by atoms with Crippen molar-refractivity contribution < 1.29 is 37.0 Å². The number of carbonyl (C=O) groups excluding carboxylic acids is 2. The van der Waals surface area contributed by atoms with E-state index in [0.29, 0.717) is 17.2 Å². The molecule has 1 amide bonds. The topological polar surface area (TPSA) is 108 Å². The van der Waals surface area contributed by atoms with Crippen molar-refractivity contribution in [1.29, 1.82) is 0 Å². The minimum Gasteiger partial charge on any atom is -0.497 e. The standard InChI is InChI=1S/C34H32ClNO8S2/c1-22-4-14-28(15-5-22)46(39,40)45-27-18-36(19-27)34(38)32(37)29-16-17-30(43-20-23-6-10-25(41-2)11-7-23)33(31(29)35)44-21-24-8-12-26(42-3)13-9-24/h4-17,27H,18-21H2,1-3H3. The Morgan fingerprint density at radius 3 is 1.89 bits per heavy atom. The lowest BCUT2D eigenvalue weighted by atomic mass is 10.1. The molecule has 0 atom stereocenters. The number of ketones is 1. The molecule has 4 aromatic carbocycles. The molecule has 46 heavy (non-hydrogen) atoms. The van der Waals surface area contributed by atoms with Gasteiger partial charge in [0, 0.05) is 13.1 Å². The molecule has 0 saturated carbocycles. The van der Waals surface area contributed by atoms with Crippen molar-refractivity contribution in [2.45, 2.75) is 30.3 Å². The van der Waals surface area contributed by atoms with Gasteiger partial charge in [-0.25, -0.2) is 8.42 Å². The molecule has 5 rings (SSSR count). The van der Waals surface area contributed by atoms with E-state index in [1.165, 1.54) is 11.0 Å². The van der Waals surface area contributed by atoms with Crippen molar-refractivity contribution >= 4 is 43.0 Å². The fraction of sp³-hybridized carbons (Fsp3) is 0.235. The van der Waals surface area contributed by atoms with Crippen molar-refractivity contribution in [2.75, 3.05) is 27.3 Å². The molecule has 1 heterocycles. The van der Waals surface area contributed by atoms with E-state index in [1.807, 2.05) is 43.3 Å². The van der Waals surface area contributed by atoms with Crippen LogP contribution in [0.2, 0.25) is 5.02 Å². The Kier molecular flexibility index (Phi) is 10.5. The van der Waals surface area contributed by atoms with Crippen LogP contribution < -0.4 is 18.9 Å². The molecular formula is C34H32ClNO8S2. The summed E-state index contributed by atoms with van der Waals surface area (Å²) in [6, 6.07) is 24.2. The summed E-state index contributed by atoms with van der Waals surface area (Å²) >= 11 is 6.73. The molecule has 9 nitrogen and oxygen atoms in total. The molecule has 1 aliphatic rings. The normalized spacial score (nSPS) is 13.1. The highest BCUT2D eigenvalue weighted by atomic mass is 35.5. The number of halogens is 1. The predicted octanol–water partition coefficient (Wildman–Crippen LogP) is 6.34. The number of hydrogen-bond donors (Lipinski definition) is 0. The summed E-state index contributed by atoms with van der Waals surface area (Å²) in [6.45, 7) is 2.39. The Bertz CT molecular complexity index is 1810. The monoisotopic (exact) mass is 681 g/mol. The van der Waals surface area contributed by atoms with E-state index >= 15 is 0 Å². The molecule has 1 saturated heterocycles. The maximum Gasteiger partial charge on any atom is 0.295 e. The number of aryl methyl sites for hydroxylation is 1. The molecule has 0 aromatic heterocycles. The molecule has 0 unspecified atom stereocenters. The Labute approximate surface area is 276 Å². The van der Waals surface area contributed by atoms with E-state index in [-0.39, 0.29) is 52.8 Å². The summed E-state index contributed by atoms with van der Waals surface area (Å²) in [6.07, 6.45) is 0. The number of likely N-dealkylation sites (tertiary alicyclic amines) is 1. The lowest BCUT2D eigenvalue weighted by molar-refractivity contribution is -0.129. The largest absolute Gasteiger partial charge is 0.497 e. The lowest BCUT2D eigenvalue weighted by Gasteiger charge is -2.37. The van der Waals surface area contributed by atoms with Crippen LogP contribution in [0.3, 0.4) is 0 Å². The molecule has 0 radical (unpaired) electrons. The van der Waals surface area contributed by atoms with Crippen LogP contribution in [0.25, 0.3) is 0 Å². The van der Waals surface area contributed by atoms with E-state index in [9.17, 15) is 18.0 Å². The average Bonchev–Trinajstić information content (AvgIpc) is 3.05. The summed E-state index contributed by atoms with van der Waals surface area (Å²) < 4.78 is 48.2. The third kappa shape index (κ3) is 7.78.